The number of rotatable bonds is 6. The highest BCUT2D eigenvalue weighted by molar-refractivity contribution is 7.92. The van der Waals surface area contributed by atoms with E-state index in [9.17, 15) is 8.42 Å². The van der Waals surface area contributed by atoms with Crippen LogP contribution in [0, 0.1) is 5.41 Å². The summed E-state index contributed by atoms with van der Waals surface area (Å²) in [6, 6.07) is 0.892. The summed E-state index contributed by atoms with van der Waals surface area (Å²) in [5, 5.41) is 3.36. The van der Waals surface area contributed by atoms with Gasteiger partial charge in [-0.05, 0) is 25.7 Å². The van der Waals surface area contributed by atoms with Gasteiger partial charge in [0.05, 0.1) is 11.0 Å². The second-order valence-electron chi connectivity index (χ2n) is 7.69. The lowest BCUT2D eigenvalue weighted by Crippen LogP contribution is -2.61. The lowest BCUT2D eigenvalue weighted by molar-refractivity contribution is 0.0590. The van der Waals surface area contributed by atoms with Gasteiger partial charge in [-0.2, -0.15) is 0 Å². The van der Waals surface area contributed by atoms with Gasteiger partial charge in [-0.15, -0.1) is 0 Å². The number of nitrogens with one attached hydrogen (secondary N) is 1. The van der Waals surface area contributed by atoms with Crippen LogP contribution in [0.4, 0.5) is 0 Å². The molecular weight excluding hydrogens is 284 g/mol. The first-order valence-electron chi connectivity index (χ1n) is 8.27. The molecule has 0 spiro atoms. The maximum absolute atomic E-state index is 12.1. The SMILES string of the molecule is CCCC1CN(CCS(=O)(=O)C(C)C)C(C(C)(C)C)CN1. The third kappa shape index (κ3) is 5.53. The minimum absolute atomic E-state index is 0.159. The Bertz CT molecular complexity index is 412. The van der Waals surface area contributed by atoms with E-state index in [-0.39, 0.29) is 16.4 Å². The van der Waals surface area contributed by atoms with Crippen LogP contribution in [-0.2, 0) is 9.84 Å². The quantitative estimate of drug-likeness (QED) is 0.816. The van der Waals surface area contributed by atoms with Gasteiger partial charge < -0.3 is 5.32 Å². The summed E-state index contributed by atoms with van der Waals surface area (Å²) in [5.41, 5.74) is 0.159. The Labute approximate surface area is 131 Å². The predicted octanol–water partition coefficient (Wildman–Crippen LogP) is 2.30. The van der Waals surface area contributed by atoms with Gasteiger partial charge in [0.15, 0.2) is 9.84 Å². The van der Waals surface area contributed by atoms with E-state index in [1.165, 1.54) is 0 Å². The lowest BCUT2D eigenvalue weighted by Gasteiger charge is -2.46. The Kier molecular flexibility index (Phi) is 6.69. The molecule has 0 saturated carbocycles. The van der Waals surface area contributed by atoms with E-state index in [0.29, 0.717) is 18.6 Å². The summed E-state index contributed by atoms with van der Waals surface area (Å²) in [6.07, 6.45) is 2.32. The van der Waals surface area contributed by atoms with E-state index < -0.39 is 9.84 Å². The molecule has 0 aromatic heterocycles. The topological polar surface area (TPSA) is 49.4 Å². The normalized spacial score (nSPS) is 25.5. The van der Waals surface area contributed by atoms with Crippen molar-refractivity contribution in [3.8, 4) is 0 Å². The van der Waals surface area contributed by atoms with Gasteiger partial charge in [0.2, 0.25) is 0 Å². The molecule has 2 unspecified atom stereocenters. The number of hydrogen-bond acceptors (Lipinski definition) is 4. The number of sulfone groups is 1. The molecule has 0 aliphatic carbocycles. The van der Waals surface area contributed by atoms with Gasteiger partial charge in [0.25, 0.3) is 0 Å². The largest absolute Gasteiger partial charge is 0.311 e. The van der Waals surface area contributed by atoms with E-state index in [0.717, 1.165) is 25.9 Å². The fourth-order valence-electron chi connectivity index (χ4n) is 3.01. The molecule has 1 saturated heterocycles. The summed E-state index contributed by atoms with van der Waals surface area (Å²) in [6.45, 7) is 15.0. The first-order chi connectivity index (χ1) is 9.58. The van der Waals surface area contributed by atoms with Crippen LogP contribution < -0.4 is 5.32 Å². The second kappa shape index (κ2) is 7.42. The van der Waals surface area contributed by atoms with Crippen molar-refractivity contribution < 1.29 is 8.42 Å². The average molecular weight is 319 g/mol. The molecule has 1 aliphatic heterocycles. The van der Waals surface area contributed by atoms with Crippen molar-refractivity contribution in [2.75, 3.05) is 25.4 Å². The zero-order chi connectivity index (χ0) is 16.3. The van der Waals surface area contributed by atoms with E-state index in [2.05, 4.69) is 37.9 Å². The van der Waals surface area contributed by atoms with Crippen LogP contribution in [0.5, 0.6) is 0 Å². The predicted molar refractivity (Wildman–Crippen MR) is 90.4 cm³/mol. The maximum atomic E-state index is 12.1. The minimum Gasteiger partial charge on any atom is -0.311 e. The smallest absolute Gasteiger partial charge is 0.153 e. The Morgan fingerprint density at radius 1 is 1.29 bits per heavy atom. The highest BCUT2D eigenvalue weighted by Crippen LogP contribution is 2.27. The van der Waals surface area contributed by atoms with Gasteiger partial charge in [0.1, 0.15) is 0 Å². The molecule has 5 heteroatoms. The molecule has 0 aromatic carbocycles. The third-order valence-electron chi connectivity index (χ3n) is 4.51. The Morgan fingerprint density at radius 3 is 2.38 bits per heavy atom. The number of piperazine rings is 1. The summed E-state index contributed by atoms with van der Waals surface area (Å²) in [4.78, 5) is 2.40. The molecule has 0 bridgehead atoms. The monoisotopic (exact) mass is 318 g/mol. The highest BCUT2D eigenvalue weighted by Gasteiger charge is 2.35. The van der Waals surface area contributed by atoms with Gasteiger partial charge in [-0.3, -0.25) is 4.90 Å². The molecule has 2 atom stereocenters. The van der Waals surface area contributed by atoms with Crippen LogP contribution in [0.1, 0.15) is 54.4 Å². The van der Waals surface area contributed by atoms with Crippen molar-refractivity contribution in [1.29, 1.82) is 0 Å². The molecule has 1 aliphatic rings. The summed E-state index contributed by atoms with van der Waals surface area (Å²) < 4.78 is 24.2. The minimum atomic E-state index is -2.96. The van der Waals surface area contributed by atoms with E-state index in [1.807, 2.05) is 0 Å². The Balaban J connectivity index is 2.75. The zero-order valence-electron chi connectivity index (χ0n) is 14.6. The van der Waals surface area contributed by atoms with Gasteiger partial charge in [0, 0.05) is 31.7 Å². The molecule has 1 rings (SSSR count). The molecule has 21 heavy (non-hydrogen) atoms. The molecule has 0 radical (unpaired) electrons. The van der Waals surface area contributed by atoms with Crippen molar-refractivity contribution in [2.45, 2.75) is 71.7 Å². The van der Waals surface area contributed by atoms with Crippen molar-refractivity contribution in [3.05, 3.63) is 0 Å². The first kappa shape index (κ1) is 18.9. The highest BCUT2D eigenvalue weighted by atomic mass is 32.2. The molecule has 4 nitrogen and oxygen atoms in total. The summed E-state index contributed by atoms with van der Waals surface area (Å²) >= 11 is 0. The fraction of sp³-hybridized carbons (Fsp3) is 1.00. The van der Waals surface area contributed by atoms with E-state index in [4.69, 9.17) is 0 Å². The molecular formula is C16H34N2O2S. The van der Waals surface area contributed by atoms with Crippen molar-refractivity contribution in [1.82, 2.24) is 10.2 Å². The van der Waals surface area contributed by atoms with Gasteiger partial charge in [-0.25, -0.2) is 8.42 Å². The molecule has 1 fully saturated rings. The Hall–Kier alpha value is -0.130. The lowest BCUT2D eigenvalue weighted by atomic mass is 9.83. The zero-order valence-corrected chi connectivity index (χ0v) is 15.5. The second-order valence-corrected chi connectivity index (χ2v) is 10.4. The van der Waals surface area contributed by atoms with Crippen LogP contribution in [0.3, 0.4) is 0 Å². The number of nitrogens with zero attached hydrogens (tertiary/aromatic N) is 1. The third-order valence-corrected chi connectivity index (χ3v) is 6.70. The Morgan fingerprint density at radius 2 is 1.90 bits per heavy atom. The summed E-state index contributed by atoms with van der Waals surface area (Å²) in [5.74, 6) is 0.274. The van der Waals surface area contributed by atoms with E-state index >= 15 is 0 Å². The molecule has 0 aromatic rings. The van der Waals surface area contributed by atoms with Crippen molar-refractivity contribution in [3.63, 3.8) is 0 Å². The van der Waals surface area contributed by atoms with Gasteiger partial charge >= 0.3 is 0 Å². The average Bonchev–Trinajstić information content (AvgIpc) is 2.35. The molecule has 1 N–H and O–H groups in total. The fourth-order valence-corrected chi connectivity index (χ4v) is 3.97. The molecule has 0 amide bonds. The van der Waals surface area contributed by atoms with Crippen LogP contribution in [0.2, 0.25) is 0 Å². The number of hydrogen-bond donors (Lipinski definition) is 1. The van der Waals surface area contributed by atoms with Crippen LogP contribution in [0.15, 0.2) is 0 Å². The molecule has 126 valence electrons. The maximum Gasteiger partial charge on any atom is 0.153 e. The van der Waals surface area contributed by atoms with E-state index in [1.54, 1.807) is 13.8 Å². The van der Waals surface area contributed by atoms with Crippen molar-refractivity contribution in [2.24, 2.45) is 5.41 Å². The molecule has 1 heterocycles. The van der Waals surface area contributed by atoms with Crippen LogP contribution >= 0.6 is 0 Å². The van der Waals surface area contributed by atoms with Crippen LogP contribution in [-0.4, -0.2) is 56.0 Å². The standard InChI is InChI=1S/C16H34N2O2S/c1-7-8-14-12-18(9-10-21(19,20)13(2)3)15(11-17-14)16(4,5)6/h13-15,17H,7-12H2,1-6H3. The van der Waals surface area contributed by atoms with Crippen molar-refractivity contribution >= 4 is 9.84 Å². The summed E-state index contributed by atoms with van der Waals surface area (Å²) in [7, 11) is -2.96. The van der Waals surface area contributed by atoms with Crippen LogP contribution in [0.25, 0.3) is 0 Å². The first-order valence-corrected chi connectivity index (χ1v) is 9.98. The van der Waals surface area contributed by atoms with Gasteiger partial charge in [-0.1, -0.05) is 34.1 Å².